The zero-order valence-corrected chi connectivity index (χ0v) is 46.7. The number of aromatic nitrogens is 4. The summed E-state index contributed by atoms with van der Waals surface area (Å²) in [6.45, 7) is 8.48. The molecule has 0 atom stereocenters. The van der Waals surface area contributed by atoms with Gasteiger partial charge in [0.15, 0.2) is 19.7 Å². The smallest absolute Gasteiger partial charge is 0.324 e. The van der Waals surface area contributed by atoms with Gasteiger partial charge in [-0.1, -0.05) is 52.3 Å². The van der Waals surface area contributed by atoms with Gasteiger partial charge in [0.25, 0.3) is 11.8 Å². The first-order valence-electron chi connectivity index (χ1n) is 25.5. The number of urea groups is 2. The van der Waals surface area contributed by atoms with Crippen molar-refractivity contribution < 1.29 is 71.1 Å². The number of anilines is 2. The zero-order valence-electron chi connectivity index (χ0n) is 43.4. The molecule has 0 saturated carbocycles. The van der Waals surface area contributed by atoms with E-state index in [-0.39, 0.29) is 90.2 Å². The lowest BCUT2D eigenvalue weighted by Gasteiger charge is -2.33. The number of amides is 4. The number of ether oxygens (including phenoxy) is 2. The lowest BCUT2D eigenvalue weighted by atomic mass is 10.1. The van der Waals surface area contributed by atoms with E-state index in [0.717, 1.165) is 69.8 Å². The minimum Gasteiger partial charge on any atom is -0.415 e. The Hall–Kier alpha value is -6.50. The van der Waals surface area contributed by atoms with Gasteiger partial charge in [0.1, 0.15) is 11.6 Å². The number of rotatable bonds is 13. The Morgan fingerprint density at radius 3 is 1.43 bits per heavy atom. The second-order valence-electron chi connectivity index (χ2n) is 19.0. The van der Waals surface area contributed by atoms with Crippen LogP contribution in [0.3, 0.4) is 0 Å². The van der Waals surface area contributed by atoms with Crippen molar-refractivity contribution in [1.82, 2.24) is 40.0 Å². The summed E-state index contributed by atoms with van der Waals surface area (Å²) in [5, 5.41) is 16.6. The minimum atomic E-state index is -3.21. The molecule has 436 valence electrons. The molecule has 6 aromatic rings. The highest BCUT2D eigenvalue weighted by Crippen LogP contribution is 2.29. The molecule has 0 spiro atoms. The van der Waals surface area contributed by atoms with Crippen molar-refractivity contribution in [3.8, 4) is 22.9 Å². The fourth-order valence-corrected chi connectivity index (χ4v) is 11.5. The van der Waals surface area contributed by atoms with Crippen LogP contribution >= 0.6 is 15.9 Å². The van der Waals surface area contributed by atoms with Crippen molar-refractivity contribution in [3.63, 3.8) is 0 Å². The number of hydrogen-bond donors (Lipinski definition) is 1. The molecule has 2 aromatic heterocycles. The van der Waals surface area contributed by atoms with Crippen molar-refractivity contribution in [2.75, 3.05) is 112 Å². The Bertz CT molecular complexity index is 3270. The Kier molecular flexibility index (Phi) is 20.9. The van der Waals surface area contributed by atoms with Crippen LogP contribution in [0.25, 0.3) is 22.9 Å². The van der Waals surface area contributed by atoms with Crippen molar-refractivity contribution in [2.24, 2.45) is 0 Å². The zero-order chi connectivity index (χ0) is 57.7. The number of hydrogen-bond acceptors (Lipinski definition) is 16. The first-order chi connectivity index (χ1) is 38.8. The summed E-state index contributed by atoms with van der Waals surface area (Å²) in [7, 11) is -6.19. The molecule has 4 fully saturated rings. The molecule has 10 rings (SSSR count). The predicted molar refractivity (Wildman–Crippen MR) is 288 cm³/mol. The van der Waals surface area contributed by atoms with Crippen LogP contribution < -0.4 is 10.2 Å². The maximum Gasteiger partial charge on any atom is 0.324 e. The van der Waals surface area contributed by atoms with E-state index in [4.69, 9.17) is 18.3 Å². The SMILES string of the molecule is Fc1cc(-c2nnc(C(F)F)o2)ccc1CBr.O=C(N1CCS(=O)(=O)CC1)N(Cc1ccc(-c2nnc(C(F)F)o2)cc1F)c1ccc(CN2CCOCC2)cc1.O=C(Nc1ccc(CN2CCOCC2)cc1)N1CCS(=O)(=O)CC1. The average molecular weight is 1240 g/mol. The molecule has 4 aliphatic heterocycles. The number of sulfone groups is 2. The number of alkyl halides is 5. The molecule has 0 aliphatic carbocycles. The van der Waals surface area contributed by atoms with Gasteiger partial charge < -0.3 is 33.4 Å². The van der Waals surface area contributed by atoms with Crippen molar-refractivity contribution >= 4 is 59.0 Å². The van der Waals surface area contributed by atoms with Gasteiger partial charge in [-0.3, -0.25) is 14.7 Å². The number of carbonyl (C=O) groups excluding carboxylic acids is 2. The topological polar surface area (TPSA) is 227 Å². The second kappa shape index (κ2) is 28.0. The lowest BCUT2D eigenvalue weighted by Crippen LogP contribution is -2.49. The van der Waals surface area contributed by atoms with Gasteiger partial charge in [-0.25, -0.2) is 35.2 Å². The molecule has 0 radical (unpaired) electrons. The van der Waals surface area contributed by atoms with Gasteiger partial charge >= 0.3 is 24.9 Å². The van der Waals surface area contributed by atoms with Gasteiger partial charge in [0, 0.05) is 98.8 Å². The molecular formula is C52H57BrF6N10O10S2. The summed E-state index contributed by atoms with van der Waals surface area (Å²) in [5.74, 6) is -3.37. The van der Waals surface area contributed by atoms with E-state index in [1.807, 2.05) is 36.4 Å². The van der Waals surface area contributed by atoms with Crippen LogP contribution in [0, 0.1) is 11.6 Å². The van der Waals surface area contributed by atoms with E-state index >= 15 is 4.39 Å². The van der Waals surface area contributed by atoms with Gasteiger partial charge in [-0.2, -0.15) is 17.6 Å². The third-order valence-corrected chi connectivity index (χ3v) is 17.1. The second-order valence-corrected chi connectivity index (χ2v) is 24.1. The van der Waals surface area contributed by atoms with Crippen LogP contribution in [0.5, 0.6) is 0 Å². The number of nitrogens with zero attached hydrogens (tertiary/aromatic N) is 9. The first-order valence-corrected chi connectivity index (χ1v) is 30.3. The molecule has 20 nitrogen and oxygen atoms in total. The first kappa shape index (κ1) is 60.6. The maximum absolute atomic E-state index is 15.2. The highest BCUT2D eigenvalue weighted by Gasteiger charge is 2.31. The van der Waals surface area contributed by atoms with E-state index < -0.39 is 62.0 Å². The van der Waals surface area contributed by atoms with Crippen LogP contribution in [0.15, 0.2) is 93.8 Å². The highest BCUT2D eigenvalue weighted by atomic mass is 79.9. The van der Waals surface area contributed by atoms with Crippen LogP contribution in [0.4, 0.5) is 47.3 Å². The lowest BCUT2D eigenvalue weighted by molar-refractivity contribution is 0.0341. The van der Waals surface area contributed by atoms with Crippen LogP contribution in [-0.4, -0.2) is 171 Å². The highest BCUT2D eigenvalue weighted by molar-refractivity contribution is 9.08. The number of carbonyl (C=O) groups is 2. The van der Waals surface area contributed by atoms with E-state index in [1.54, 1.807) is 17.0 Å². The largest absolute Gasteiger partial charge is 0.415 e. The number of halogens is 7. The third-order valence-electron chi connectivity index (χ3n) is 13.3. The van der Waals surface area contributed by atoms with Crippen LogP contribution in [0.1, 0.15) is 46.9 Å². The third kappa shape index (κ3) is 17.3. The molecule has 1 N–H and O–H groups in total. The predicted octanol–water partition coefficient (Wildman–Crippen LogP) is 7.99. The summed E-state index contributed by atoms with van der Waals surface area (Å²) in [6, 6.07) is 22.6. The molecule has 4 amide bonds. The minimum absolute atomic E-state index is 0.0395. The Labute approximate surface area is 471 Å². The molecule has 4 aromatic carbocycles. The van der Waals surface area contributed by atoms with E-state index in [9.17, 15) is 48.4 Å². The van der Waals surface area contributed by atoms with Crippen LogP contribution in [-0.2, 0) is 54.1 Å². The standard InChI is InChI=1S/C26H28F3N5O5S.C16H23N3O4S.C10H6BrF3N2O/c27-22-15-19(24-30-31-25(39-24)23(28)29)3-4-20(22)17-34(26(35)33-9-13-40(36,37)14-10-33)21-5-1-18(2-6-21)16-32-7-11-38-12-8-32;20-16(19-7-11-24(21,22)12-8-19)17-15-3-1-14(2-4-15)13-18-5-9-23-10-6-18;11-4-6-2-1-5(3-7(6)12)9-15-16-10(17-9)8(13)14/h1-6,15,23H,7-14,16-17H2;1-4H,5-13H2,(H,17,20);1-3,8H,4H2. The molecule has 0 unspecified atom stereocenters. The average Bonchev–Trinajstić information content (AvgIpc) is 4.19. The van der Waals surface area contributed by atoms with Crippen molar-refractivity contribution in [2.45, 2.75) is 37.8 Å². The summed E-state index contributed by atoms with van der Waals surface area (Å²) in [6.07, 6.45) is -5.78. The number of morpholine rings is 2. The molecule has 81 heavy (non-hydrogen) atoms. The van der Waals surface area contributed by atoms with Crippen molar-refractivity contribution in [3.05, 3.63) is 131 Å². The van der Waals surface area contributed by atoms with E-state index in [0.29, 0.717) is 29.8 Å². The number of benzene rings is 4. The van der Waals surface area contributed by atoms with E-state index in [2.05, 4.69) is 51.4 Å². The summed E-state index contributed by atoms with van der Waals surface area (Å²) in [4.78, 5) is 34.8. The summed E-state index contributed by atoms with van der Waals surface area (Å²) < 4.78 is 146. The summed E-state index contributed by atoms with van der Waals surface area (Å²) in [5.41, 5.74) is 4.48. The van der Waals surface area contributed by atoms with E-state index in [1.165, 1.54) is 45.7 Å². The van der Waals surface area contributed by atoms with Gasteiger partial charge in [-0.05, 0) is 65.2 Å². The fraction of sp³-hybridized carbons (Fsp3) is 0.423. The fourth-order valence-electron chi connectivity index (χ4n) is 8.62. The molecule has 4 aliphatic rings. The number of nitrogens with one attached hydrogen (secondary N) is 1. The molecular weight excluding hydrogens is 1180 g/mol. The Balaban J connectivity index is 0.000000177. The molecule has 6 heterocycles. The van der Waals surface area contributed by atoms with Gasteiger partial charge in [-0.15, -0.1) is 20.4 Å². The normalized spacial score (nSPS) is 17.4. The van der Waals surface area contributed by atoms with Gasteiger partial charge in [0.05, 0.1) is 56.0 Å². The molecule has 4 saturated heterocycles. The molecule has 29 heteroatoms. The Morgan fingerprint density at radius 2 is 1.01 bits per heavy atom. The monoisotopic (exact) mass is 1240 g/mol. The summed E-state index contributed by atoms with van der Waals surface area (Å²) >= 11 is 3.12. The quantitative estimate of drug-likeness (QED) is 0.0854. The Morgan fingerprint density at radius 1 is 0.580 bits per heavy atom. The molecule has 0 bridgehead atoms. The van der Waals surface area contributed by atoms with Crippen LogP contribution in [0.2, 0.25) is 0 Å². The van der Waals surface area contributed by atoms with Crippen molar-refractivity contribution in [1.29, 1.82) is 0 Å². The van der Waals surface area contributed by atoms with Gasteiger partial charge in [0.2, 0.25) is 11.8 Å². The maximum atomic E-state index is 15.2.